The quantitative estimate of drug-likeness (QED) is 0.911. The van der Waals surface area contributed by atoms with Crippen LogP contribution in [0.25, 0.3) is 0 Å². The largest absolute Gasteiger partial charge is 0.377 e. The molecule has 1 aliphatic heterocycles. The van der Waals surface area contributed by atoms with E-state index in [0.29, 0.717) is 13.2 Å². The van der Waals surface area contributed by atoms with Gasteiger partial charge in [-0.2, -0.15) is 0 Å². The molecule has 2 rings (SSSR count). The van der Waals surface area contributed by atoms with Crippen LogP contribution in [0.1, 0.15) is 19.4 Å². The van der Waals surface area contributed by atoms with Gasteiger partial charge >= 0.3 is 6.03 Å². The number of nitrogens with one attached hydrogen (secondary N) is 1. The Morgan fingerprint density at radius 2 is 2.10 bits per heavy atom. The molecular weight excluding hydrogens is 266 g/mol. The second-order valence-electron chi connectivity index (χ2n) is 5.78. The van der Waals surface area contributed by atoms with Crippen molar-refractivity contribution in [3.63, 3.8) is 0 Å². The number of amides is 2. The van der Waals surface area contributed by atoms with Crippen molar-refractivity contribution in [2.24, 2.45) is 0 Å². The summed E-state index contributed by atoms with van der Waals surface area (Å²) < 4.78 is 5.57. The van der Waals surface area contributed by atoms with Crippen molar-refractivity contribution >= 4 is 17.4 Å². The van der Waals surface area contributed by atoms with Crippen LogP contribution in [0.2, 0.25) is 0 Å². The minimum Gasteiger partial charge on any atom is -0.377 e. The zero-order valence-electron chi connectivity index (χ0n) is 13.5. The Balaban J connectivity index is 2.14. The highest BCUT2D eigenvalue weighted by molar-refractivity contribution is 5.91. The van der Waals surface area contributed by atoms with Crippen LogP contribution >= 0.6 is 0 Å². The number of urea groups is 1. The first-order valence-electron chi connectivity index (χ1n) is 7.38. The summed E-state index contributed by atoms with van der Waals surface area (Å²) in [4.78, 5) is 16.4. The van der Waals surface area contributed by atoms with Crippen molar-refractivity contribution in [3.05, 3.63) is 23.8 Å². The number of nitrogens with zero attached hydrogens (tertiary/aromatic N) is 2. The minimum atomic E-state index is -0.0587. The highest BCUT2D eigenvalue weighted by Gasteiger charge is 2.29. The maximum absolute atomic E-state index is 12.5. The molecular formula is C16H25N3O2. The number of carbonyl (C=O) groups is 1. The predicted octanol–water partition coefficient (Wildman–Crippen LogP) is 2.70. The number of morpholine rings is 1. The minimum absolute atomic E-state index is 0.0587. The molecule has 21 heavy (non-hydrogen) atoms. The summed E-state index contributed by atoms with van der Waals surface area (Å²) in [5.74, 6) is 0. The maximum atomic E-state index is 12.5. The van der Waals surface area contributed by atoms with E-state index in [1.165, 1.54) is 0 Å². The van der Waals surface area contributed by atoms with Gasteiger partial charge in [0, 0.05) is 32.0 Å². The fourth-order valence-corrected chi connectivity index (χ4v) is 2.65. The van der Waals surface area contributed by atoms with E-state index < -0.39 is 0 Å². The van der Waals surface area contributed by atoms with Crippen LogP contribution in [0.3, 0.4) is 0 Å². The third kappa shape index (κ3) is 3.29. The van der Waals surface area contributed by atoms with Crippen LogP contribution in [-0.4, -0.2) is 50.3 Å². The van der Waals surface area contributed by atoms with Crippen molar-refractivity contribution < 1.29 is 9.53 Å². The number of benzene rings is 1. The molecule has 5 heteroatoms. The lowest BCUT2D eigenvalue weighted by atomic mass is 10.1. The average molecular weight is 291 g/mol. The number of carbonyl (C=O) groups excluding carboxylic acids is 1. The number of rotatable bonds is 2. The summed E-state index contributed by atoms with van der Waals surface area (Å²) in [5, 5.41) is 3.03. The summed E-state index contributed by atoms with van der Waals surface area (Å²) in [6.07, 6.45) is 0.0682. The van der Waals surface area contributed by atoms with Crippen LogP contribution in [0, 0.1) is 6.92 Å². The van der Waals surface area contributed by atoms with Crippen molar-refractivity contribution in [1.29, 1.82) is 0 Å². The second-order valence-corrected chi connectivity index (χ2v) is 5.78. The summed E-state index contributed by atoms with van der Waals surface area (Å²) in [6, 6.07) is 5.97. The molecule has 1 N–H and O–H groups in total. The summed E-state index contributed by atoms with van der Waals surface area (Å²) in [7, 11) is 4.00. The molecule has 0 saturated carbocycles. The summed E-state index contributed by atoms with van der Waals surface area (Å²) in [5.41, 5.74) is 3.04. The van der Waals surface area contributed by atoms with Gasteiger partial charge in [-0.25, -0.2) is 4.79 Å². The van der Waals surface area contributed by atoms with Crippen molar-refractivity contribution in [2.75, 3.05) is 37.5 Å². The molecule has 1 aromatic rings. The van der Waals surface area contributed by atoms with Crippen LogP contribution in [-0.2, 0) is 4.74 Å². The van der Waals surface area contributed by atoms with E-state index in [4.69, 9.17) is 4.74 Å². The van der Waals surface area contributed by atoms with Crippen molar-refractivity contribution in [2.45, 2.75) is 32.9 Å². The molecule has 2 amide bonds. The van der Waals surface area contributed by atoms with E-state index in [2.05, 4.69) is 5.32 Å². The lowest BCUT2D eigenvalue weighted by Gasteiger charge is -2.37. The molecule has 0 radical (unpaired) electrons. The second kappa shape index (κ2) is 6.35. The smallest absolute Gasteiger partial charge is 0.322 e. The van der Waals surface area contributed by atoms with E-state index >= 15 is 0 Å². The first kappa shape index (κ1) is 15.6. The van der Waals surface area contributed by atoms with Gasteiger partial charge in [0.2, 0.25) is 0 Å². The Morgan fingerprint density at radius 3 is 2.76 bits per heavy atom. The van der Waals surface area contributed by atoms with Crippen LogP contribution in [0.5, 0.6) is 0 Å². The first-order valence-corrected chi connectivity index (χ1v) is 7.38. The summed E-state index contributed by atoms with van der Waals surface area (Å²) >= 11 is 0. The zero-order valence-corrected chi connectivity index (χ0v) is 13.5. The number of anilines is 2. The lowest BCUT2D eigenvalue weighted by Crippen LogP contribution is -2.52. The molecule has 2 atom stereocenters. The molecule has 0 spiro atoms. The van der Waals surface area contributed by atoms with Crippen LogP contribution in [0.4, 0.5) is 16.2 Å². The maximum Gasteiger partial charge on any atom is 0.322 e. The van der Waals surface area contributed by atoms with E-state index in [9.17, 15) is 4.79 Å². The fourth-order valence-electron chi connectivity index (χ4n) is 2.65. The first-order chi connectivity index (χ1) is 9.91. The molecule has 1 fully saturated rings. The Kier molecular flexibility index (Phi) is 4.73. The Morgan fingerprint density at radius 1 is 1.38 bits per heavy atom. The van der Waals surface area contributed by atoms with Gasteiger partial charge in [-0.05, 0) is 38.5 Å². The van der Waals surface area contributed by atoms with Gasteiger partial charge in [0.25, 0.3) is 0 Å². The lowest BCUT2D eigenvalue weighted by molar-refractivity contribution is -0.0355. The molecule has 5 nitrogen and oxygen atoms in total. The summed E-state index contributed by atoms with van der Waals surface area (Å²) in [6.45, 7) is 7.27. The molecule has 116 valence electrons. The molecule has 1 heterocycles. The Labute approximate surface area is 126 Å². The van der Waals surface area contributed by atoms with Gasteiger partial charge in [-0.3, -0.25) is 0 Å². The van der Waals surface area contributed by atoms with E-state index in [0.717, 1.165) is 16.9 Å². The highest BCUT2D eigenvalue weighted by atomic mass is 16.5. The van der Waals surface area contributed by atoms with Crippen LogP contribution < -0.4 is 10.2 Å². The monoisotopic (exact) mass is 291 g/mol. The average Bonchev–Trinajstić information content (AvgIpc) is 2.43. The zero-order chi connectivity index (χ0) is 15.6. The van der Waals surface area contributed by atoms with Crippen molar-refractivity contribution in [3.8, 4) is 0 Å². The van der Waals surface area contributed by atoms with Gasteiger partial charge < -0.3 is 19.9 Å². The Bertz CT molecular complexity index is 516. The fraction of sp³-hybridized carbons (Fsp3) is 0.562. The number of ether oxygens (including phenoxy) is 1. The number of hydrogen-bond donors (Lipinski definition) is 1. The van der Waals surface area contributed by atoms with E-state index in [1.807, 2.05) is 62.9 Å². The molecule has 1 saturated heterocycles. The van der Waals surface area contributed by atoms with Gasteiger partial charge in [-0.1, -0.05) is 6.07 Å². The van der Waals surface area contributed by atoms with Crippen molar-refractivity contribution in [1.82, 2.24) is 4.90 Å². The van der Waals surface area contributed by atoms with Crippen LogP contribution in [0.15, 0.2) is 18.2 Å². The van der Waals surface area contributed by atoms with Gasteiger partial charge in [0.05, 0.1) is 18.8 Å². The topological polar surface area (TPSA) is 44.8 Å². The van der Waals surface area contributed by atoms with Gasteiger partial charge in [0.15, 0.2) is 0 Å². The van der Waals surface area contributed by atoms with Gasteiger partial charge in [0.1, 0.15) is 0 Å². The van der Waals surface area contributed by atoms with Gasteiger partial charge in [-0.15, -0.1) is 0 Å². The molecule has 1 aromatic carbocycles. The third-order valence-corrected chi connectivity index (χ3v) is 4.17. The standard InChI is InChI=1S/C16H25N3O2/c1-11-14(7-6-8-15(11)18(4)5)17-16(20)19-9-10-21-13(3)12(19)2/h6-8,12-13H,9-10H2,1-5H3,(H,17,20)/t12-,13+/m1/s1. The predicted molar refractivity (Wildman–Crippen MR) is 86.1 cm³/mol. The SMILES string of the molecule is Cc1c(NC(=O)N2CCO[C@@H](C)[C@H]2C)cccc1N(C)C. The molecule has 0 aromatic heterocycles. The molecule has 0 bridgehead atoms. The molecule has 0 aliphatic carbocycles. The molecule has 1 aliphatic rings. The highest BCUT2D eigenvalue weighted by Crippen LogP contribution is 2.26. The van der Waals surface area contributed by atoms with E-state index in [1.54, 1.807) is 0 Å². The third-order valence-electron chi connectivity index (χ3n) is 4.17. The number of hydrogen-bond acceptors (Lipinski definition) is 3. The van der Waals surface area contributed by atoms with E-state index in [-0.39, 0.29) is 18.2 Å². The molecule has 0 unspecified atom stereocenters. The Hall–Kier alpha value is -1.75. The normalized spacial score (nSPS) is 22.0.